The SMILES string of the molecule is CCCCOc1ccccc1C=O. The maximum absolute atomic E-state index is 10.6. The normalized spacial score (nSPS) is 9.62. The van der Waals surface area contributed by atoms with Crippen LogP contribution in [0, 0.1) is 0 Å². The first kappa shape index (κ1) is 9.78. The van der Waals surface area contributed by atoms with E-state index in [1.807, 2.05) is 18.2 Å². The van der Waals surface area contributed by atoms with Crippen LogP contribution in [-0.4, -0.2) is 12.9 Å². The number of para-hydroxylation sites is 1. The summed E-state index contributed by atoms with van der Waals surface area (Å²) in [7, 11) is 0. The molecule has 0 heterocycles. The van der Waals surface area contributed by atoms with Crippen molar-refractivity contribution in [3.8, 4) is 5.75 Å². The van der Waals surface area contributed by atoms with Gasteiger partial charge in [-0.05, 0) is 18.6 Å². The molecule has 2 heteroatoms. The van der Waals surface area contributed by atoms with Gasteiger partial charge >= 0.3 is 0 Å². The topological polar surface area (TPSA) is 26.3 Å². The van der Waals surface area contributed by atoms with Gasteiger partial charge in [-0.2, -0.15) is 0 Å². The molecule has 70 valence electrons. The van der Waals surface area contributed by atoms with Crippen LogP contribution in [0.25, 0.3) is 0 Å². The summed E-state index contributed by atoms with van der Waals surface area (Å²) >= 11 is 0. The van der Waals surface area contributed by atoms with E-state index < -0.39 is 0 Å². The molecule has 0 spiro atoms. The largest absolute Gasteiger partial charge is 0.493 e. The molecule has 0 aliphatic heterocycles. The van der Waals surface area contributed by atoms with Crippen molar-refractivity contribution in [1.29, 1.82) is 0 Å². The number of carbonyl (C=O) groups excluding carboxylic acids is 1. The van der Waals surface area contributed by atoms with Crippen molar-refractivity contribution >= 4 is 6.29 Å². The lowest BCUT2D eigenvalue weighted by Crippen LogP contribution is -1.98. The number of carbonyl (C=O) groups is 1. The van der Waals surface area contributed by atoms with E-state index in [4.69, 9.17) is 4.74 Å². The first-order valence-corrected chi connectivity index (χ1v) is 4.55. The summed E-state index contributed by atoms with van der Waals surface area (Å²) < 4.78 is 5.44. The van der Waals surface area contributed by atoms with Crippen molar-refractivity contribution in [2.24, 2.45) is 0 Å². The van der Waals surface area contributed by atoms with Gasteiger partial charge in [0.1, 0.15) is 5.75 Å². The van der Waals surface area contributed by atoms with Gasteiger partial charge in [0, 0.05) is 0 Å². The van der Waals surface area contributed by atoms with Crippen LogP contribution in [0.2, 0.25) is 0 Å². The summed E-state index contributed by atoms with van der Waals surface area (Å²) in [5.41, 5.74) is 0.624. The van der Waals surface area contributed by atoms with E-state index in [9.17, 15) is 4.79 Å². The summed E-state index contributed by atoms with van der Waals surface area (Å²) in [5.74, 6) is 0.686. The zero-order valence-corrected chi connectivity index (χ0v) is 7.82. The Balaban J connectivity index is 2.59. The lowest BCUT2D eigenvalue weighted by Gasteiger charge is -2.06. The minimum Gasteiger partial charge on any atom is -0.493 e. The molecule has 0 aromatic heterocycles. The molecular formula is C11H14O2. The highest BCUT2D eigenvalue weighted by Crippen LogP contribution is 2.15. The van der Waals surface area contributed by atoms with Crippen LogP contribution < -0.4 is 4.74 Å². The van der Waals surface area contributed by atoms with Gasteiger partial charge in [0.25, 0.3) is 0 Å². The van der Waals surface area contributed by atoms with E-state index >= 15 is 0 Å². The molecule has 0 unspecified atom stereocenters. The average Bonchev–Trinajstić information content (AvgIpc) is 2.19. The van der Waals surface area contributed by atoms with Crippen LogP contribution in [-0.2, 0) is 0 Å². The molecule has 0 aliphatic carbocycles. The lowest BCUT2D eigenvalue weighted by atomic mass is 10.2. The van der Waals surface area contributed by atoms with Crippen molar-refractivity contribution in [1.82, 2.24) is 0 Å². The Bertz CT molecular complexity index is 269. The van der Waals surface area contributed by atoms with Gasteiger partial charge in [-0.15, -0.1) is 0 Å². The minimum absolute atomic E-state index is 0.624. The molecule has 2 nitrogen and oxygen atoms in total. The number of unbranched alkanes of at least 4 members (excludes halogenated alkanes) is 1. The average molecular weight is 178 g/mol. The summed E-state index contributed by atoms with van der Waals surface area (Å²) in [6.45, 7) is 2.79. The van der Waals surface area contributed by atoms with E-state index in [1.54, 1.807) is 6.07 Å². The van der Waals surface area contributed by atoms with Gasteiger partial charge in [0.05, 0.1) is 12.2 Å². The maximum Gasteiger partial charge on any atom is 0.153 e. The Morgan fingerprint density at radius 2 is 2.15 bits per heavy atom. The fraction of sp³-hybridized carbons (Fsp3) is 0.364. The maximum atomic E-state index is 10.6. The molecular weight excluding hydrogens is 164 g/mol. The molecule has 1 aromatic carbocycles. The molecule has 13 heavy (non-hydrogen) atoms. The standard InChI is InChI=1S/C11H14O2/c1-2-3-8-13-11-7-5-4-6-10(11)9-12/h4-7,9H,2-3,8H2,1H3. The number of benzene rings is 1. The predicted octanol–water partition coefficient (Wildman–Crippen LogP) is 2.68. The van der Waals surface area contributed by atoms with E-state index in [0.717, 1.165) is 19.1 Å². The molecule has 0 aliphatic rings. The second kappa shape index (κ2) is 5.36. The third kappa shape index (κ3) is 2.90. The van der Waals surface area contributed by atoms with Gasteiger partial charge in [-0.1, -0.05) is 25.5 Å². The Labute approximate surface area is 78.5 Å². The third-order valence-electron chi connectivity index (χ3n) is 1.80. The van der Waals surface area contributed by atoms with Crippen LogP contribution >= 0.6 is 0 Å². The van der Waals surface area contributed by atoms with Crippen LogP contribution in [0.3, 0.4) is 0 Å². The minimum atomic E-state index is 0.624. The molecule has 1 aromatic rings. The lowest BCUT2D eigenvalue weighted by molar-refractivity contribution is 0.111. The second-order valence-corrected chi connectivity index (χ2v) is 2.86. The van der Waals surface area contributed by atoms with E-state index in [1.165, 1.54) is 0 Å². The van der Waals surface area contributed by atoms with Crippen molar-refractivity contribution in [3.05, 3.63) is 29.8 Å². The van der Waals surface area contributed by atoms with Gasteiger partial charge in [-0.3, -0.25) is 4.79 Å². The van der Waals surface area contributed by atoms with Crippen molar-refractivity contribution in [2.45, 2.75) is 19.8 Å². The highest BCUT2D eigenvalue weighted by molar-refractivity contribution is 5.79. The zero-order chi connectivity index (χ0) is 9.52. The molecule has 0 atom stereocenters. The molecule has 0 N–H and O–H groups in total. The van der Waals surface area contributed by atoms with Gasteiger partial charge in [0.15, 0.2) is 6.29 Å². The van der Waals surface area contributed by atoms with Crippen molar-refractivity contribution in [3.63, 3.8) is 0 Å². The fourth-order valence-electron chi connectivity index (χ4n) is 1.04. The molecule has 1 rings (SSSR count). The van der Waals surface area contributed by atoms with Crippen LogP contribution in [0.15, 0.2) is 24.3 Å². The first-order chi connectivity index (χ1) is 6.38. The molecule has 0 saturated carbocycles. The van der Waals surface area contributed by atoms with Crippen LogP contribution in [0.4, 0.5) is 0 Å². The molecule has 0 bridgehead atoms. The molecule has 0 radical (unpaired) electrons. The van der Waals surface area contributed by atoms with Crippen LogP contribution in [0.5, 0.6) is 5.75 Å². The number of hydrogen-bond donors (Lipinski definition) is 0. The summed E-state index contributed by atoms with van der Waals surface area (Å²) in [6, 6.07) is 7.28. The Hall–Kier alpha value is -1.31. The van der Waals surface area contributed by atoms with Gasteiger partial charge < -0.3 is 4.74 Å². The number of hydrogen-bond acceptors (Lipinski definition) is 2. The Morgan fingerprint density at radius 3 is 2.85 bits per heavy atom. The van der Waals surface area contributed by atoms with Gasteiger partial charge in [-0.25, -0.2) is 0 Å². The Kier molecular flexibility index (Phi) is 4.03. The monoisotopic (exact) mass is 178 g/mol. The predicted molar refractivity (Wildman–Crippen MR) is 52.2 cm³/mol. The summed E-state index contributed by atoms with van der Waals surface area (Å²) in [4.78, 5) is 10.6. The summed E-state index contributed by atoms with van der Waals surface area (Å²) in [5, 5.41) is 0. The highest BCUT2D eigenvalue weighted by Gasteiger charge is 1.99. The third-order valence-corrected chi connectivity index (χ3v) is 1.80. The smallest absolute Gasteiger partial charge is 0.153 e. The van der Waals surface area contributed by atoms with E-state index in [-0.39, 0.29) is 0 Å². The Morgan fingerprint density at radius 1 is 1.38 bits per heavy atom. The summed E-state index contributed by atoms with van der Waals surface area (Å²) in [6.07, 6.45) is 2.94. The zero-order valence-electron chi connectivity index (χ0n) is 7.82. The quantitative estimate of drug-likeness (QED) is 0.512. The molecule has 0 amide bonds. The highest BCUT2D eigenvalue weighted by atomic mass is 16.5. The second-order valence-electron chi connectivity index (χ2n) is 2.86. The van der Waals surface area contributed by atoms with E-state index in [2.05, 4.69) is 6.92 Å². The first-order valence-electron chi connectivity index (χ1n) is 4.55. The van der Waals surface area contributed by atoms with Crippen molar-refractivity contribution < 1.29 is 9.53 Å². The fourth-order valence-corrected chi connectivity index (χ4v) is 1.04. The van der Waals surface area contributed by atoms with Gasteiger partial charge in [0.2, 0.25) is 0 Å². The number of rotatable bonds is 5. The molecule has 0 saturated heterocycles. The van der Waals surface area contributed by atoms with E-state index in [0.29, 0.717) is 17.9 Å². The number of ether oxygens (including phenoxy) is 1. The van der Waals surface area contributed by atoms with Crippen LogP contribution in [0.1, 0.15) is 30.1 Å². The van der Waals surface area contributed by atoms with Crippen molar-refractivity contribution in [2.75, 3.05) is 6.61 Å². The molecule has 0 fully saturated rings. The number of aldehydes is 1.